The molecule has 20 heavy (non-hydrogen) atoms. The van der Waals surface area contributed by atoms with Crippen LogP contribution in [0.4, 0.5) is 0 Å². The third kappa shape index (κ3) is 6.53. The molecule has 1 saturated heterocycles. The SMILES string of the molecule is CCCNC(CC)(CO)CCCOCC1CCCCO1. The number of nitrogens with one attached hydrogen (secondary N) is 1. The molecule has 4 heteroatoms. The minimum atomic E-state index is -0.124. The van der Waals surface area contributed by atoms with Crippen LogP contribution in [-0.4, -0.2) is 49.7 Å². The van der Waals surface area contributed by atoms with Crippen molar-refractivity contribution in [2.24, 2.45) is 0 Å². The lowest BCUT2D eigenvalue weighted by molar-refractivity contribution is -0.0421. The molecule has 2 unspecified atom stereocenters. The zero-order valence-corrected chi connectivity index (χ0v) is 13.3. The Morgan fingerprint density at radius 3 is 2.80 bits per heavy atom. The Labute approximate surface area is 124 Å². The lowest BCUT2D eigenvalue weighted by Crippen LogP contribution is -2.48. The minimum Gasteiger partial charge on any atom is -0.394 e. The maximum atomic E-state index is 9.64. The Kier molecular flexibility index (Phi) is 9.44. The van der Waals surface area contributed by atoms with E-state index in [-0.39, 0.29) is 12.1 Å². The summed E-state index contributed by atoms with van der Waals surface area (Å²) in [4.78, 5) is 0. The highest BCUT2D eigenvalue weighted by atomic mass is 16.5. The summed E-state index contributed by atoms with van der Waals surface area (Å²) in [6.07, 6.45) is 7.88. The number of hydrogen-bond donors (Lipinski definition) is 2. The summed E-state index contributed by atoms with van der Waals surface area (Å²) in [6.45, 7) is 7.82. The van der Waals surface area contributed by atoms with E-state index in [1.54, 1.807) is 0 Å². The van der Waals surface area contributed by atoms with E-state index in [0.29, 0.717) is 6.10 Å². The van der Waals surface area contributed by atoms with E-state index in [2.05, 4.69) is 19.2 Å². The van der Waals surface area contributed by atoms with Crippen molar-refractivity contribution in [2.75, 3.05) is 33.0 Å². The van der Waals surface area contributed by atoms with Crippen LogP contribution in [-0.2, 0) is 9.47 Å². The van der Waals surface area contributed by atoms with E-state index < -0.39 is 0 Å². The predicted octanol–water partition coefficient (Wildman–Crippen LogP) is 2.49. The summed E-state index contributed by atoms with van der Waals surface area (Å²) >= 11 is 0. The molecule has 1 rings (SSSR count). The smallest absolute Gasteiger partial charge is 0.0808 e. The fourth-order valence-electron chi connectivity index (χ4n) is 2.69. The topological polar surface area (TPSA) is 50.7 Å². The van der Waals surface area contributed by atoms with E-state index in [0.717, 1.165) is 58.5 Å². The molecule has 0 saturated carbocycles. The molecule has 0 aliphatic carbocycles. The van der Waals surface area contributed by atoms with Crippen LogP contribution >= 0.6 is 0 Å². The standard InChI is InChI=1S/C16H33NO3/c1-3-10-17-16(4-2,14-18)9-7-11-19-13-15-8-5-6-12-20-15/h15,17-18H,3-14H2,1-2H3. The number of rotatable bonds is 11. The largest absolute Gasteiger partial charge is 0.394 e. The minimum absolute atomic E-state index is 0.124. The average molecular weight is 287 g/mol. The van der Waals surface area contributed by atoms with Crippen molar-refractivity contribution < 1.29 is 14.6 Å². The number of aliphatic hydroxyl groups is 1. The van der Waals surface area contributed by atoms with Crippen molar-refractivity contribution in [3.63, 3.8) is 0 Å². The zero-order chi connectivity index (χ0) is 14.7. The van der Waals surface area contributed by atoms with Gasteiger partial charge < -0.3 is 19.9 Å². The van der Waals surface area contributed by atoms with E-state index in [1.807, 2.05) is 0 Å². The Bertz CT molecular complexity index is 226. The molecule has 4 nitrogen and oxygen atoms in total. The third-order valence-corrected chi connectivity index (χ3v) is 4.25. The molecule has 1 fully saturated rings. The fourth-order valence-corrected chi connectivity index (χ4v) is 2.69. The highest BCUT2D eigenvalue weighted by molar-refractivity contribution is 4.85. The van der Waals surface area contributed by atoms with Gasteiger partial charge in [-0.2, -0.15) is 0 Å². The third-order valence-electron chi connectivity index (χ3n) is 4.25. The first kappa shape index (κ1) is 17.9. The first-order valence-corrected chi connectivity index (χ1v) is 8.31. The van der Waals surface area contributed by atoms with Crippen molar-refractivity contribution in [3.05, 3.63) is 0 Å². The lowest BCUT2D eigenvalue weighted by atomic mass is 9.91. The summed E-state index contributed by atoms with van der Waals surface area (Å²) in [5, 5.41) is 13.1. The predicted molar refractivity (Wildman–Crippen MR) is 82.0 cm³/mol. The second-order valence-electron chi connectivity index (χ2n) is 5.89. The van der Waals surface area contributed by atoms with Crippen LogP contribution in [0, 0.1) is 0 Å². The van der Waals surface area contributed by atoms with Crippen molar-refractivity contribution in [3.8, 4) is 0 Å². The van der Waals surface area contributed by atoms with Crippen molar-refractivity contribution in [1.29, 1.82) is 0 Å². The first-order chi connectivity index (χ1) is 9.76. The second-order valence-corrected chi connectivity index (χ2v) is 5.89. The number of aliphatic hydroxyl groups excluding tert-OH is 1. The fraction of sp³-hybridized carbons (Fsp3) is 1.00. The summed E-state index contributed by atoms with van der Waals surface area (Å²) in [7, 11) is 0. The van der Waals surface area contributed by atoms with Gasteiger partial charge in [-0.3, -0.25) is 0 Å². The Morgan fingerprint density at radius 2 is 2.20 bits per heavy atom. The summed E-state index contributed by atoms with van der Waals surface area (Å²) in [5.74, 6) is 0. The van der Waals surface area contributed by atoms with Crippen LogP contribution < -0.4 is 5.32 Å². The molecule has 0 aromatic heterocycles. The molecule has 1 aliphatic heterocycles. The number of ether oxygens (including phenoxy) is 2. The van der Waals surface area contributed by atoms with Crippen LogP contribution in [0.25, 0.3) is 0 Å². The number of hydrogen-bond acceptors (Lipinski definition) is 4. The second kappa shape index (κ2) is 10.6. The molecular weight excluding hydrogens is 254 g/mol. The molecule has 2 atom stereocenters. The van der Waals surface area contributed by atoms with Gasteiger partial charge in [-0.05, 0) is 51.5 Å². The molecule has 1 heterocycles. The highest BCUT2D eigenvalue weighted by Crippen LogP contribution is 2.18. The van der Waals surface area contributed by atoms with Gasteiger partial charge in [-0.1, -0.05) is 13.8 Å². The van der Waals surface area contributed by atoms with Gasteiger partial charge in [0.25, 0.3) is 0 Å². The van der Waals surface area contributed by atoms with Gasteiger partial charge >= 0.3 is 0 Å². The van der Waals surface area contributed by atoms with Crippen LogP contribution in [0.15, 0.2) is 0 Å². The Balaban J connectivity index is 2.13. The van der Waals surface area contributed by atoms with E-state index in [1.165, 1.54) is 12.8 Å². The van der Waals surface area contributed by atoms with Gasteiger partial charge in [-0.15, -0.1) is 0 Å². The van der Waals surface area contributed by atoms with E-state index in [4.69, 9.17) is 9.47 Å². The maximum Gasteiger partial charge on any atom is 0.0808 e. The summed E-state index contributed by atoms with van der Waals surface area (Å²) < 4.78 is 11.4. The molecule has 1 aliphatic rings. The summed E-state index contributed by atoms with van der Waals surface area (Å²) in [5.41, 5.74) is -0.124. The molecule has 0 aromatic rings. The zero-order valence-electron chi connectivity index (χ0n) is 13.3. The Morgan fingerprint density at radius 1 is 1.35 bits per heavy atom. The highest BCUT2D eigenvalue weighted by Gasteiger charge is 2.25. The molecule has 0 bridgehead atoms. The van der Waals surface area contributed by atoms with Crippen molar-refractivity contribution in [1.82, 2.24) is 5.32 Å². The molecule has 0 aromatic carbocycles. The molecule has 0 spiro atoms. The molecule has 0 radical (unpaired) electrons. The van der Waals surface area contributed by atoms with Gasteiger partial charge in [-0.25, -0.2) is 0 Å². The molecule has 120 valence electrons. The van der Waals surface area contributed by atoms with Gasteiger partial charge in [0.05, 0.1) is 19.3 Å². The summed E-state index contributed by atoms with van der Waals surface area (Å²) in [6, 6.07) is 0. The maximum absolute atomic E-state index is 9.64. The van der Waals surface area contributed by atoms with Gasteiger partial charge in [0.15, 0.2) is 0 Å². The van der Waals surface area contributed by atoms with Gasteiger partial charge in [0, 0.05) is 18.8 Å². The molecular formula is C16H33NO3. The van der Waals surface area contributed by atoms with E-state index in [9.17, 15) is 5.11 Å². The van der Waals surface area contributed by atoms with Crippen LogP contribution in [0.3, 0.4) is 0 Å². The Hall–Kier alpha value is -0.160. The monoisotopic (exact) mass is 287 g/mol. The first-order valence-electron chi connectivity index (χ1n) is 8.31. The van der Waals surface area contributed by atoms with Crippen LogP contribution in [0.2, 0.25) is 0 Å². The van der Waals surface area contributed by atoms with Crippen molar-refractivity contribution in [2.45, 2.75) is 70.4 Å². The van der Waals surface area contributed by atoms with Crippen molar-refractivity contribution >= 4 is 0 Å². The van der Waals surface area contributed by atoms with Gasteiger partial charge in [0.2, 0.25) is 0 Å². The normalized spacial score (nSPS) is 22.6. The molecule has 0 amide bonds. The lowest BCUT2D eigenvalue weighted by Gasteiger charge is -2.32. The van der Waals surface area contributed by atoms with E-state index >= 15 is 0 Å². The average Bonchev–Trinajstić information content (AvgIpc) is 2.51. The van der Waals surface area contributed by atoms with Crippen LogP contribution in [0.1, 0.15) is 58.8 Å². The van der Waals surface area contributed by atoms with Gasteiger partial charge in [0.1, 0.15) is 0 Å². The quantitative estimate of drug-likeness (QED) is 0.573. The molecule has 2 N–H and O–H groups in total. The van der Waals surface area contributed by atoms with Crippen LogP contribution in [0.5, 0.6) is 0 Å².